The molecule has 0 saturated carbocycles. The van der Waals surface area contributed by atoms with Crippen LogP contribution in [0.1, 0.15) is 0 Å². The van der Waals surface area contributed by atoms with Crippen molar-refractivity contribution >= 4 is 68.9 Å². The summed E-state index contributed by atoms with van der Waals surface area (Å²) in [4.78, 5) is 9.73. The minimum Gasteiger partial charge on any atom is -0.398 e. The van der Waals surface area contributed by atoms with Gasteiger partial charge in [-0.1, -0.05) is 53.2 Å². The molecular weight excluding hydrogens is 478 g/mol. The summed E-state index contributed by atoms with van der Waals surface area (Å²) in [5.74, 6) is 0. The van der Waals surface area contributed by atoms with Crippen LogP contribution < -0.4 is 11.5 Å². The van der Waals surface area contributed by atoms with E-state index >= 15 is 0 Å². The van der Waals surface area contributed by atoms with Crippen molar-refractivity contribution in [3.05, 3.63) is 68.7 Å². The number of nitrogens with zero attached hydrogens (tertiary/aromatic N) is 2. The van der Waals surface area contributed by atoms with Crippen LogP contribution in [-0.4, -0.2) is 9.97 Å². The summed E-state index contributed by atoms with van der Waals surface area (Å²) in [5.41, 5.74) is 12.6. The summed E-state index contributed by atoms with van der Waals surface area (Å²) in [5, 5.41) is 0.916. The van der Waals surface area contributed by atoms with Crippen molar-refractivity contribution in [2.24, 2.45) is 0 Å². The highest BCUT2D eigenvalue weighted by molar-refractivity contribution is 14.1. The number of nitrogens with two attached hydrogens (primary N) is 2. The second-order valence-corrected chi connectivity index (χ2v) is 7.32. The van der Waals surface area contributed by atoms with Gasteiger partial charge in [-0.2, -0.15) is 0 Å². The van der Waals surface area contributed by atoms with Gasteiger partial charge in [0.1, 0.15) is 10.3 Å². The van der Waals surface area contributed by atoms with Gasteiger partial charge in [0.05, 0.1) is 14.2 Å². The summed E-state index contributed by atoms with van der Waals surface area (Å²) >= 11 is 15.2. The summed E-state index contributed by atoms with van der Waals surface area (Å²) in [6.45, 7) is 0. The fourth-order valence-corrected chi connectivity index (χ4v) is 3.19. The molecule has 0 fully saturated rings. The maximum absolute atomic E-state index is 5.97. The Balaban J connectivity index is 0.000000198. The second-order valence-electron chi connectivity index (χ2n) is 4.44. The highest BCUT2D eigenvalue weighted by atomic mass is 127. The van der Waals surface area contributed by atoms with Crippen molar-refractivity contribution in [1.82, 2.24) is 9.97 Å². The minimum atomic E-state index is 0.448. The molecule has 4 N–H and O–H groups in total. The fourth-order valence-electron chi connectivity index (χ4n) is 1.58. The van der Waals surface area contributed by atoms with E-state index in [1.54, 1.807) is 24.5 Å². The van der Waals surface area contributed by atoms with E-state index in [1.807, 2.05) is 52.9 Å². The van der Waals surface area contributed by atoms with Crippen molar-refractivity contribution in [3.63, 3.8) is 0 Å². The highest BCUT2D eigenvalue weighted by Gasteiger charge is 2.07. The lowest BCUT2D eigenvalue weighted by molar-refractivity contribution is 1.24. The molecule has 8 heteroatoms. The van der Waals surface area contributed by atoms with Crippen molar-refractivity contribution in [3.8, 4) is 0 Å². The summed E-state index contributed by atoms with van der Waals surface area (Å²) in [6.07, 6.45) is 3.19. The van der Waals surface area contributed by atoms with E-state index in [-0.39, 0.29) is 0 Å². The number of rotatable bonds is 2. The number of hydrogen-bond acceptors (Lipinski definition) is 5. The van der Waals surface area contributed by atoms with Gasteiger partial charge in [-0.3, -0.25) is 0 Å². The van der Waals surface area contributed by atoms with Crippen molar-refractivity contribution in [2.75, 3.05) is 11.5 Å². The number of benzene rings is 1. The molecule has 4 nitrogen and oxygen atoms in total. The Bertz CT molecular complexity index is 778. The van der Waals surface area contributed by atoms with Gasteiger partial charge >= 0.3 is 0 Å². The highest BCUT2D eigenvalue weighted by Crippen LogP contribution is 2.35. The van der Waals surface area contributed by atoms with Gasteiger partial charge < -0.3 is 11.5 Å². The lowest BCUT2D eigenvalue weighted by Crippen LogP contribution is -1.90. The van der Waals surface area contributed by atoms with Gasteiger partial charge in [0, 0.05) is 23.0 Å². The lowest BCUT2D eigenvalue weighted by atomic mass is 10.4. The standard InChI is InChI=1S/C11H9ClN2S.C5H4ClIN2/c12-11-10(9(13)6-7-14-11)15-8-4-2-1-3-5-8;6-5-4(7)3(8)1-2-9-5/h1-7H,(H2,13,14);1-2H,(H2,8,9). The first-order valence-corrected chi connectivity index (χ1v) is 9.32. The zero-order valence-corrected chi connectivity index (χ0v) is 16.8. The molecule has 0 bridgehead atoms. The van der Waals surface area contributed by atoms with Gasteiger partial charge in [0.15, 0.2) is 0 Å². The Kier molecular flexibility index (Phi) is 7.41. The fraction of sp³-hybridized carbons (Fsp3) is 0. The Labute approximate surface area is 168 Å². The Hall–Kier alpha value is -1.22. The third kappa shape index (κ3) is 5.41. The predicted octanol–water partition coefficient (Wildman–Crippen LogP) is 5.39. The number of hydrogen-bond donors (Lipinski definition) is 2. The first kappa shape index (κ1) is 19.1. The molecule has 0 aliphatic carbocycles. The minimum absolute atomic E-state index is 0.448. The molecule has 3 rings (SSSR count). The van der Waals surface area contributed by atoms with Crippen LogP contribution in [0.4, 0.5) is 11.4 Å². The Morgan fingerprint density at radius 2 is 1.42 bits per heavy atom. The smallest absolute Gasteiger partial charge is 0.144 e. The predicted molar refractivity (Wildman–Crippen MR) is 111 cm³/mol. The molecular formula is C16H13Cl2IN4S. The Morgan fingerprint density at radius 3 is 1.96 bits per heavy atom. The van der Waals surface area contributed by atoms with E-state index in [4.69, 9.17) is 34.7 Å². The average Bonchev–Trinajstić information content (AvgIpc) is 2.58. The van der Waals surface area contributed by atoms with Crippen LogP contribution in [0.15, 0.2) is 64.6 Å². The third-order valence-electron chi connectivity index (χ3n) is 2.73. The van der Waals surface area contributed by atoms with E-state index in [0.717, 1.165) is 13.4 Å². The summed E-state index contributed by atoms with van der Waals surface area (Å²) in [6, 6.07) is 13.4. The van der Waals surface area contributed by atoms with E-state index in [9.17, 15) is 0 Å². The van der Waals surface area contributed by atoms with Gasteiger partial charge in [-0.05, 0) is 46.9 Å². The average molecular weight is 491 g/mol. The third-order valence-corrected chi connectivity index (χ3v) is 6.01. The monoisotopic (exact) mass is 490 g/mol. The van der Waals surface area contributed by atoms with Gasteiger partial charge in [-0.25, -0.2) is 9.97 Å². The summed E-state index contributed by atoms with van der Waals surface area (Å²) in [7, 11) is 0. The number of anilines is 2. The molecule has 2 aromatic heterocycles. The molecule has 1 aromatic carbocycles. The number of aromatic nitrogens is 2. The van der Waals surface area contributed by atoms with Gasteiger partial charge in [-0.15, -0.1) is 0 Å². The van der Waals surface area contributed by atoms with E-state index in [2.05, 4.69) is 9.97 Å². The zero-order valence-electron chi connectivity index (χ0n) is 12.3. The van der Waals surface area contributed by atoms with Crippen LogP contribution in [-0.2, 0) is 0 Å². The van der Waals surface area contributed by atoms with Crippen LogP contribution in [0.25, 0.3) is 0 Å². The van der Waals surface area contributed by atoms with E-state index < -0.39 is 0 Å². The van der Waals surface area contributed by atoms with Crippen LogP contribution in [0, 0.1) is 3.57 Å². The first-order chi connectivity index (χ1) is 11.5. The molecule has 0 aliphatic rings. The van der Waals surface area contributed by atoms with E-state index in [1.165, 1.54) is 11.8 Å². The summed E-state index contributed by atoms with van der Waals surface area (Å²) < 4.78 is 0.816. The quantitative estimate of drug-likeness (QED) is 0.372. The maximum atomic E-state index is 5.97. The molecule has 0 saturated heterocycles. The van der Waals surface area contributed by atoms with Crippen molar-refractivity contribution in [1.29, 1.82) is 0 Å². The van der Waals surface area contributed by atoms with Crippen molar-refractivity contribution in [2.45, 2.75) is 9.79 Å². The van der Waals surface area contributed by atoms with Crippen LogP contribution in [0.5, 0.6) is 0 Å². The van der Waals surface area contributed by atoms with Gasteiger partial charge in [0.25, 0.3) is 0 Å². The SMILES string of the molecule is Nc1ccnc(Cl)c1I.Nc1ccnc(Cl)c1Sc1ccccc1. The number of halogens is 3. The number of nitrogen functional groups attached to an aromatic ring is 2. The second kappa shape index (κ2) is 9.31. The largest absolute Gasteiger partial charge is 0.398 e. The van der Waals surface area contributed by atoms with Crippen molar-refractivity contribution < 1.29 is 0 Å². The zero-order chi connectivity index (χ0) is 17.5. The molecule has 0 atom stereocenters. The molecule has 2 heterocycles. The molecule has 24 heavy (non-hydrogen) atoms. The lowest BCUT2D eigenvalue weighted by Gasteiger charge is -2.05. The molecule has 0 amide bonds. The maximum Gasteiger partial charge on any atom is 0.144 e. The molecule has 124 valence electrons. The Morgan fingerprint density at radius 1 is 0.833 bits per heavy atom. The van der Waals surface area contributed by atoms with Crippen LogP contribution >= 0.6 is 57.6 Å². The topological polar surface area (TPSA) is 77.8 Å². The van der Waals surface area contributed by atoms with Crippen LogP contribution in [0.3, 0.4) is 0 Å². The van der Waals surface area contributed by atoms with Gasteiger partial charge in [0.2, 0.25) is 0 Å². The number of pyridine rings is 2. The normalized spacial score (nSPS) is 9.96. The molecule has 0 spiro atoms. The molecule has 3 aromatic rings. The first-order valence-electron chi connectivity index (χ1n) is 6.67. The van der Waals surface area contributed by atoms with E-state index in [0.29, 0.717) is 21.7 Å². The van der Waals surface area contributed by atoms with Crippen LogP contribution in [0.2, 0.25) is 10.3 Å². The molecule has 0 aliphatic heterocycles. The molecule has 0 radical (unpaired) electrons. The molecule has 0 unspecified atom stereocenters.